The summed E-state index contributed by atoms with van der Waals surface area (Å²) in [7, 11) is -3.11. The Balaban J connectivity index is 1.92. The minimum Gasteiger partial charge on any atom is -0.330 e. The van der Waals surface area contributed by atoms with Crippen LogP contribution in [0.25, 0.3) is 0 Å². The summed E-state index contributed by atoms with van der Waals surface area (Å²) in [5.74, 6) is -0.142. The molecule has 0 bridgehead atoms. The van der Waals surface area contributed by atoms with Crippen LogP contribution in [0.2, 0.25) is 10.0 Å². The Kier molecular flexibility index (Phi) is 5.37. The summed E-state index contributed by atoms with van der Waals surface area (Å²) < 4.78 is 23.8. The van der Waals surface area contributed by atoms with Crippen molar-refractivity contribution < 1.29 is 13.2 Å². The number of amides is 1. The Morgan fingerprint density at radius 3 is 2.36 bits per heavy atom. The molecule has 25 heavy (non-hydrogen) atoms. The molecular weight excluding hydrogens is 381 g/mol. The summed E-state index contributed by atoms with van der Waals surface area (Å²) in [5.41, 5.74) is 1.30. The van der Waals surface area contributed by atoms with Crippen molar-refractivity contribution in [1.82, 2.24) is 4.90 Å². The fraction of sp³-hybridized carbons (Fsp3) is 0.278. The van der Waals surface area contributed by atoms with Gasteiger partial charge in [-0.2, -0.15) is 0 Å². The Morgan fingerprint density at radius 2 is 1.76 bits per heavy atom. The third kappa shape index (κ3) is 4.54. The van der Waals surface area contributed by atoms with Crippen molar-refractivity contribution in [3.05, 3.63) is 69.7 Å². The van der Waals surface area contributed by atoms with Crippen molar-refractivity contribution in [2.45, 2.75) is 19.0 Å². The van der Waals surface area contributed by atoms with E-state index in [0.717, 1.165) is 5.56 Å². The van der Waals surface area contributed by atoms with Crippen molar-refractivity contribution in [1.29, 1.82) is 0 Å². The third-order valence-corrected chi connectivity index (χ3v) is 6.44. The topological polar surface area (TPSA) is 54.5 Å². The summed E-state index contributed by atoms with van der Waals surface area (Å²) in [6, 6.07) is 13.5. The van der Waals surface area contributed by atoms with Crippen LogP contribution in [-0.2, 0) is 16.4 Å². The first-order chi connectivity index (χ1) is 11.8. The third-order valence-electron chi connectivity index (χ3n) is 4.22. The van der Waals surface area contributed by atoms with Gasteiger partial charge in [0.25, 0.3) is 5.91 Å². The number of hydrogen-bond donors (Lipinski definition) is 0. The summed E-state index contributed by atoms with van der Waals surface area (Å²) in [4.78, 5) is 14.6. The van der Waals surface area contributed by atoms with Crippen LogP contribution in [-0.4, -0.2) is 36.8 Å². The van der Waals surface area contributed by atoms with Crippen molar-refractivity contribution in [2.75, 3.05) is 11.5 Å². The summed E-state index contributed by atoms with van der Waals surface area (Å²) in [5, 5.41) is 1.04. The molecule has 4 nitrogen and oxygen atoms in total. The normalized spacial score (nSPS) is 18.9. The van der Waals surface area contributed by atoms with E-state index in [0.29, 0.717) is 28.6 Å². The molecule has 7 heteroatoms. The number of benzene rings is 2. The van der Waals surface area contributed by atoms with Gasteiger partial charge < -0.3 is 4.90 Å². The molecule has 0 saturated carbocycles. The van der Waals surface area contributed by atoms with Crippen LogP contribution in [0.4, 0.5) is 0 Å². The number of sulfone groups is 1. The average molecular weight is 398 g/mol. The maximum Gasteiger partial charge on any atom is 0.254 e. The second-order valence-electron chi connectivity index (χ2n) is 6.13. The SMILES string of the molecule is O=C(c1cccc(Cl)c1)N(Cc1cccc(Cl)c1)C1CCS(=O)(=O)C1. The van der Waals surface area contributed by atoms with Crippen molar-refractivity contribution in [2.24, 2.45) is 0 Å². The van der Waals surface area contributed by atoms with Crippen LogP contribution in [0.1, 0.15) is 22.3 Å². The van der Waals surface area contributed by atoms with Crippen molar-refractivity contribution in [3.8, 4) is 0 Å². The van der Waals surface area contributed by atoms with E-state index in [-0.39, 0.29) is 23.5 Å². The van der Waals surface area contributed by atoms with Crippen LogP contribution >= 0.6 is 23.2 Å². The molecule has 0 aromatic heterocycles. The van der Waals surface area contributed by atoms with Gasteiger partial charge in [-0.25, -0.2) is 8.42 Å². The zero-order valence-electron chi connectivity index (χ0n) is 13.4. The first-order valence-corrected chi connectivity index (χ1v) is 10.4. The molecule has 1 unspecified atom stereocenters. The maximum absolute atomic E-state index is 13.0. The van der Waals surface area contributed by atoms with Gasteiger partial charge in [-0.15, -0.1) is 0 Å². The van der Waals surface area contributed by atoms with Crippen LogP contribution in [0.15, 0.2) is 48.5 Å². The Morgan fingerprint density at radius 1 is 1.08 bits per heavy atom. The van der Waals surface area contributed by atoms with E-state index >= 15 is 0 Å². The van der Waals surface area contributed by atoms with E-state index in [9.17, 15) is 13.2 Å². The highest BCUT2D eigenvalue weighted by molar-refractivity contribution is 7.91. The Hall–Kier alpha value is -1.56. The largest absolute Gasteiger partial charge is 0.330 e. The number of nitrogens with zero attached hydrogens (tertiary/aromatic N) is 1. The zero-order chi connectivity index (χ0) is 18.0. The fourth-order valence-corrected chi connectivity index (χ4v) is 5.14. The maximum atomic E-state index is 13.0. The van der Waals surface area contributed by atoms with Gasteiger partial charge in [0.1, 0.15) is 0 Å². The molecule has 0 N–H and O–H groups in total. The van der Waals surface area contributed by atoms with Crippen LogP contribution in [0.5, 0.6) is 0 Å². The van der Waals surface area contributed by atoms with Gasteiger partial charge in [0.05, 0.1) is 11.5 Å². The Labute approximate surface area is 157 Å². The van der Waals surface area contributed by atoms with Gasteiger partial charge in [0.2, 0.25) is 0 Å². The monoisotopic (exact) mass is 397 g/mol. The minimum absolute atomic E-state index is 0.0140. The minimum atomic E-state index is -3.11. The standard InChI is InChI=1S/C18H17Cl2NO3S/c19-15-5-1-3-13(9-15)11-21(17-7-8-25(23,24)12-17)18(22)14-4-2-6-16(20)10-14/h1-6,9-10,17H,7-8,11-12H2. The molecule has 2 aromatic rings. The molecule has 1 fully saturated rings. The average Bonchev–Trinajstić information content (AvgIpc) is 2.92. The number of halogens is 2. The Bertz CT molecular complexity index is 899. The van der Waals surface area contributed by atoms with E-state index in [1.807, 2.05) is 12.1 Å². The molecular formula is C18H17Cl2NO3S. The van der Waals surface area contributed by atoms with Crippen LogP contribution in [0, 0.1) is 0 Å². The second kappa shape index (κ2) is 7.36. The van der Waals surface area contributed by atoms with E-state index in [1.54, 1.807) is 41.3 Å². The lowest BCUT2D eigenvalue weighted by Gasteiger charge is -2.28. The van der Waals surface area contributed by atoms with Gasteiger partial charge in [-0.3, -0.25) is 4.79 Å². The van der Waals surface area contributed by atoms with E-state index in [1.165, 1.54) is 0 Å². The summed E-state index contributed by atoms with van der Waals surface area (Å²) in [6.45, 7) is 0.298. The molecule has 3 rings (SSSR count). The highest BCUT2D eigenvalue weighted by atomic mass is 35.5. The molecule has 132 valence electrons. The van der Waals surface area contributed by atoms with E-state index < -0.39 is 9.84 Å². The van der Waals surface area contributed by atoms with Crippen molar-refractivity contribution >= 4 is 38.9 Å². The molecule has 0 spiro atoms. The number of hydrogen-bond acceptors (Lipinski definition) is 3. The summed E-state index contributed by atoms with van der Waals surface area (Å²) in [6.07, 6.45) is 0.440. The molecule has 1 heterocycles. The molecule has 1 saturated heterocycles. The number of rotatable bonds is 4. The summed E-state index contributed by atoms with van der Waals surface area (Å²) >= 11 is 12.0. The first-order valence-electron chi connectivity index (χ1n) is 7.85. The molecule has 1 aliphatic heterocycles. The first kappa shape index (κ1) is 18.2. The molecule has 1 atom stereocenters. The highest BCUT2D eigenvalue weighted by Crippen LogP contribution is 2.24. The molecule has 1 amide bonds. The van der Waals surface area contributed by atoms with Gasteiger partial charge in [0, 0.05) is 28.2 Å². The van der Waals surface area contributed by atoms with Crippen LogP contribution in [0.3, 0.4) is 0 Å². The number of carbonyl (C=O) groups excluding carboxylic acids is 1. The van der Waals surface area contributed by atoms with Crippen LogP contribution < -0.4 is 0 Å². The molecule has 0 aliphatic carbocycles. The molecule has 1 aliphatic rings. The lowest BCUT2D eigenvalue weighted by molar-refractivity contribution is 0.0681. The zero-order valence-corrected chi connectivity index (χ0v) is 15.7. The van der Waals surface area contributed by atoms with Gasteiger partial charge in [0.15, 0.2) is 9.84 Å². The fourth-order valence-electron chi connectivity index (χ4n) is 3.01. The molecule has 0 radical (unpaired) electrons. The lowest BCUT2D eigenvalue weighted by atomic mass is 10.1. The lowest BCUT2D eigenvalue weighted by Crippen LogP contribution is -2.40. The van der Waals surface area contributed by atoms with Gasteiger partial charge >= 0.3 is 0 Å². The van der Waals surface area contributed by atoms with E-state index in [4.69, 9.17) is 23.2 Å². The second-order valence-corrected chi connectivity index (χ2v) is 9.23. The predicted octanol–water partition coefficient (Wildman–Crippen LogP) is 3.82. The van der Waals surface area contributed by atoms with Gasteiger partial charge in [-0.05, 0) is 42.3 Å². The quantitative estimate of drug-likeness (QED) is 0.787. The molecule has 2 aromatic carbocycles. The number of carbonyl (C=O) groups is 1. The smallest absolute Gasteiger partial charge is 0.254 e. The van der Waals surface area contributed by atoms with E-state index in [2.05, 4.69) is 0 Å². The predicted molar refractivity (Wildman–Crippen MR) is 99.8 cm³/mol. The van der Waals surface area contributed by atoms with Gasteiger partial charge in [-0.1, -0.05) is 41.4 Å². The highest BCUT2D eigenvalue weighted by Gasteiger charge is 2.35. The van der Waals surface area contributed by atoms with Crippen molar-refractivity contribution in [3.63, 3.8) is 0 Å².